The van der Waals surface area contributed by atoms with Crippen molar-refractivity contribution in [3.8, 4) is 5.75 Å². The average Bonchev–Trinajstić information content (AvgIpc) is 3.14. The van der Waals surface area contributed by atoms with E-state index in [2.05, 4.69) is 0 Å². The number of rotatable bonds is 3. The van der Waals surface area contributed by atoms with Crippen molar-refractivity contribution in [1.82, 2.24) is 0 Å². The number of hydrogen-bond donors (Lipinski definition) is 1. The molecule has 0 saturated heterocycles. The quantitative estimate of drug-likeness (QED) is 0.851. The predicted molar refractivity (Wildman–Crippen MR) is 63.9 cm³/mol. The number of carbonyl (C=O) groups excluding carboxylic acids is 1. The molecule has 0 unspecified atom stereocenters. The Morgan fingerprint density at radius 3 is 2.89 bits per heavy atom. The minimum Gasteiger partial charge on any atom is -0.491 e. The zero-order valence-corrected chi connectivity index (χ0v) is 10.4. The first kappa shape index (κ1) is 12.1. The van der Waals surface area contributed by atoms with Crippen LogP contribution < -0.4 is 4.74 Å². The number of carboxylic acids is 1. The molecule has 1 aliphatic carbocycles. The molecule has 1 aromatic carbocycles. The van der Waals surface area contributed by atoms with E-state index >= 15 is 0 Å². The second-order valence-corrected chi connectivity index (χ2v) is 5.12. The van der Waals surface area contributed by atoms with Gasteiger partial charge < -0.3 is 9.84 Å². The third kappa shape index (κ3) is 1.50. The Hall–Kier alpha value is -1.91. The van der Waals surface area contributed by atoms with Crippen LogP contribution in [0, 0.1) is 11.2 Å². The Kier molecular flexibility index (Phi) is 2.42. The number of hydrogen-bond acceptors (Lipinski definition) is 3. The first-order valence-corrected chi connectivity index (χ1v) is 6.23. The molecule has 2 aliphatic rings. The second-order valence-electron chi connectivity index (χ2n) is 5.12. The van der Waals surface area contributed by atoms with Crippen molar-refractivity contribution >= 4 is 11.8 Å². The summed E-state index contributed by atoms with van der Waals surface area (Å²) in [5.41, 5.74) is -0.389. The zero-order chi connectivity index (χ0) is 13.8. The molecule has 0 amide bonds. The molecule has 3 rings (SSSR count). The number of carbonyl (C=O) groups is 2. The molecule has 19 heavy (non-hydrogen) atoms. The zero-order valence-electron chi connectivity index (χ0n) is 10.4. The van der Waals surface area contributed by atoms with Gasteiger partial charge in [-0.15, -0.1) is 0 Å². The summed E-state index contributed by atoms with van der Waals surface area (Å²) in [6, 6.07) is 2.64. The first-order valence-electron chi connectivity index (χ1n) is 6.23. The molecule has 0 bridgehead atoms. The van der Waals surface area contributed by atoms with E-state index in [-0.39, 0.29) is 29.6 Å². The Balaban J connectivity index is 2.12. The predicted octanol–water partition coefficient (Wildman–Crippen LogP) is 2.37. The summed E-state index contributed by atoms with van der Waals surface area (Å²) in [6.07, 6.45) is 0.673. The molecule has 0 aromatic heterocycles. The van der Waals surface area contributed by atoms with Crippen LogP contribution in [-0.4, -0.2) is 23.5 Å². The third-order valence-corrected chi connectivity index (χ3v) is 4.09. The number of carboxylic acid groups (broad SMARTS) is 1. The smallest absolute Gasteiger partial charge is 0.313 e. The van der Waals surface area contributed by atoms with Crippen LogP contribution >= 0.6 is 0 Å². The van der Waals surface area contributed by atoms with Crippen molar-refractivity contribution in [3.05, 3.63) is 29.1 Å². The van der Waals surface area contributed by atoms with E-state index in [1.807, 2.05) is 0 Å². The molecule has 1 N–H and O–H groups in total. The number of benzene rings is 1. The number of Topliss-reactive ketones (excluding diaryl/α,β-unsaturated/α-hetero) is 1. The van der Waals surface area contributed by atoms with Gasteiger partial charge in [-0.1, -0.05) is 6.92 Å². The normalized spacial score (nSPS) is 26.9. The van der Waals surface area contributed by atoms with Crippen molar-refractivity contribution in [2.45, 2.75) is 25.7 Å². The number of aliphatic carboxylic acids is 1. The molecule has 100 valence electrons. The molecule has 1 fully saturated rings. The molecular weight excluding hydrogens is 251 g/mol. The average molecular weight is 264 g/mol. The lowest BCUT2D eigenvalue weighted by Crippen LogP contribution is -2.29. The summed E-state index contributed by atoms with van der Waals surface area (Å²) in [5.74, 6) is -1.71. The summed E-state index contributed by atoms with van der Waals surface area (Å²) in [7, 11) is 0. The summed E-state index contributed by atoms with van der Waals surface area (Å²) in [5, 5.41) is 9.21. The van der Waals surface area contributed by atoms with E-state index in [9.17, 15) is 19.1 Å². The number of halogens is 1. The highest BCUT2D eigenvalue weighted by Gasteiger charge is 2.65. The monoisotopic (exact) mass is 264 g/mol. The Morgan fingerprint density at radius 2 is 2.26 bits per heavy atom. The van der Waals surface area contributed by atoms with Gasteiger partial charge in [0.05, 0.1) is 5.56 Å². The fourth-order valence-electron chi connectivity index (χ4n) is 2.81. The number of fused-ring (bicyclic) bond motifs is 3. The lowest BCUT2D eigenvalue weighted by atomic mass is 9.93. The molecule has 4 nitrogen and oxygen atoms in total. The summed E-state index contributed by atoms with van der Waals surface area (Å²) >= 11 is 0. The van der Waals surface area contributed by atoms with Gasteiger partial charge >= 0.3 is 5.97 Å². The van der Waals surface area contributed by atoms with Crippen LogP contribution in [0.1, 0.15) is 41.6 Å². The maximum Gasteiger partial charge on any atom is 0.313 e. The molecule has 5 heteroatoms. The fourth-order valence-corrected chi connectivity index (χ4v) is 2.81. The van der Waals surface area contributed by atoms with Crippen molar-refractivity contribution in [1.29, 1.82) is 0 Å². The molecular formula is C14H13FO4. The van der Waals surface area contributed by atoms with E-state index in [4.69, 9.17) is 4.74 Å². The van der Waals surface area contributed by atoms with Crippen LogP contribution in [0.4, 0.5) is 4.39 Å². The van der Waals surface area contributed by atoms with Gasteiger partial charge in [0, 0.05) is 17.9 Å². The SMILES string of the molecule is CCC(=O)c1ccc(F)c2c1OC[C@]1(C(=O)O)C[C@H]21. The maximum atomic E-state index is 13.9. The van der Waals surface area contributed by atoms with Gasteiger partial charge in [-0.05, 0) is 18.6 Å². The highest BCUT2D eigenvalue weighted by atomic mass is 19.1. The van der Waals surface area contributed by atoms with Crippen molar-refractivity contribution < 1.29 is 23.8 Å². The minimum atomic E-state index is -0.998. The van der Waals surface area contributed by atoms with Crippen LogP contribution in [0.15, 0.2) is 12.1 Å². The molecule has 1 saturated carbocycles. The first-order chi connectivity index (χ1) is 9.01. The molecule has 1 aromatic rings. The highest BCUT2D eigenvalue weighted by molar-refractivity contribution is 5.99. The summed E-state index contributed by atoms with van der Waals surface area (Å²) < 4.78 is 19.4. The Labute approximate surface area is 109 Å². The molecule has 2 atom stereocenters. The molecule has 1 heterocycles. The van der Waals surface area contributed by atoms with Crippen LogP contribution in [0.2, 0.25) is 0 Å². The lowest BCUT2D eigenvalue weighted by Gasteiger charge is -2.24. The molecule has 0 radical (unpaired) electrons. The lowest BCUT2D eigenvalue weighted by molar-refractivity contribution is -0.145. The molecule has 1 aliphatic heterocycles. The summed E-state index contributed by atoms with van der Waals surface area (Å²) in [6.45, 7) is 1.73. The van der Waals surface area contributed by atoms with Crippen LogP contribution in [0.5, 0.6) is 5.75 Å². The number of ketones is 1. The van der Waals surface area contributed by atoms with E-state index in [0.29, 0.717) is 18.4 Å². The Morgan fingerprint density at radius 1 is 1.53 bits per heavy atom. The third-order valence-electron chi connectivity index (χ3n) is 4.09. The van der Waals surface area contributed by atoms with Crippen LogP contribution in [0.3, 0.4) is 0 Å². The minimum absolute atomic E-state index is 0.00739. The van der Waals surface area contributed by atoms with E-state index in [1.165, 1.54) is 12.1 Å². The van der Waals surface area contributed by atoms with Gasteiger partial charge in [0.2, 0.25) is 0 Å². The molecule has 0 spiro atoms. The van der Waals surface area contributed by atoms with Crippen LogP contribution in [-0.2, 0) is 4.79 Å². The van der Waals surface area contributed by atoms with Gasteiger partial charge in [0.1, 0.15) is 23.6 Å². The Bertz CT molecular complexity index is 595. The van der Waals surface area contributed by atoms with Crippen molar-refractivity contribution in [2.75, 3.05) is 6.61 Å². The van der Waals surface area contributed by atoms with Crippen molar-refractivity contribution in [2.24, 2.45) is 5.41 Å². The second kappa shape index (κ2) is 3.79. The topological polar surface area (TPSA) is 63.6 Å². The van der Waals surface area contributed by atoms with Crippen molar-refractivity contribution in [3.63, 3.8) is 0 Å². The fraction of sp³-hybridized carbons (Fsp3) is 0.429. The van der Waals surface area contributed by atoms with Crippen LogP contribution in [0.25, 0.3) is 0 Å². The van der Waals surface area contributed by atoms with E-state index in [1.54, 1.807) is 6.92 Å². The van der Waals surface area contributed by atoms with Gasteiger partial charge in [-0.25, -0.2) is 4.39 Å². The van der Waals surface area contributed by atoms with Gasteiger partial charge in [0.25, 0.3) is 0 Å². The highest BCUT2D eigenvalue weighted by Crippen LogP contribution is 2.64. The maximum absolute atomic E-state index is 13.9. The largest absolute Gasteiger partial charge is 0.491 e. The standard InChI is InChI=1S/C14H13FO4/c1-2-10(16)7-3-4-9(15)11-8-5-14(8,13(17)18)6-19-12(7)11/h3-4,8H,2,5-6H2,1H3,(H,17,18)/t8-,14-/m1/s1. The van der Waals surface area contributed by atoms with Gasteiger partial charge in [0.15, 0.2) is 5.78 Å². The van der Waals surface area contributed by atoms with E-state index in [0.717, 1.165) is 0 Å². The van der Waals surface area contributed by atoms with E-state index < -0.39 is 17.2 Å². The van der Waals surface area contributed by atoms with Gasteiger partial charge in [-0.3, -0.25) is 9.59 Å². The van der Waals surface area contributed by atoms with Gasteiger partial charge in [-0.2, -0.15) is 0 Å². The number of ether oxygens (including phenoxy) is 1. The summed E-state index contributed by atoms with van der Waals surface area (Å²) in [4.78, 5) is 23.1.